The van der Waals surface area contributed by atoms with E-state index in [1.54, 1.807) is 11.3 Å². The fraction of sp³-hybridized carbons (Fsp3) is 0.400. The Balaban J connectivity index is 1.46. The van der Waals surface area contributed by atoms with Crippen molar-refractivity contribution in [2.75, 3.05) is 5.32 Å². The predicted octanol–water partition coefficient (Wildman–Crippen LogP) is 4.13. The van der Waals surface area contributed by atoms with E-state index in [4.69, 9.17) is 0 Å². The van der Waals surface area contributed by atoms with Gasteiger partial charge in [-0.1, -0.05) is 25.0 Å². The Kier molecular flexibility index (Phi) is 6.23. The van der Waals surface area contributed by atoms with Crippen LogP contribution in [0.2, 0.25) is 0 Å². The molecule has 132 valence electrons. The van der Waals surface area contributed by atoms with Crippen LogP contribution in [0.3, 0.4) is 0 Å². The molecule has 2 amide bonds. The fourth-order valence-corrected chi connectivity index (χ4v) is 3.88. The molecule has 0 bridgehead atoms. The van der Waals surface area contributed by atoms with Gasteiger partial charge < -0.3 is 10.6 Å². The van der Waals surface area contributed by atoms with Gasteiger partial charge >= 0.3 is 0 Å². The van der Waals surface area contributed by atoms with Gasteiger partial charge in [0.05, 0.1) is 0 Å². The van der Waals surface area contributed by atoms with Crippen molar-refractivity contribution >= 4 is 28.8 Å². The van der Waals surface area contributed by atoms with Gasteiger partial charge in [0.15, 0.2) is 0 Å². The molecular weight excluding hydrogens is 332 g/mol. The number of carbonyl (C=O) groups excluding carboxylic acids is 2. The second kappa shape index (κ2) is 8.81. The number of amides is 2. The average molecular weight is 356 g/mol. The molecule has 0 saturated heterocycles. The van der Waals surface area contributed by atoms with Gasteiger partial charge in [0, 0.05) is 24.6 Å². The summed E-state index contributed by atoms with van der Waals surface area (Å²) in [7, 11) is 0. The highest BCUT2D eigenvalue weighted by molar-refractivity contribution is 7.07. The largest absolute Gasteiger partial charge is 0.352 e. The van der Waals surface area contributed by atoms with Crippen molar-refractivity contribution in [3.05, 3.63) is 52.2 Å². The number of hydrogen-bond acceptors (Lipinski definition) is 3. The minimum atomic E-state index is 0.0478. The molecule has 1 aromatic heterocycles. The molecule has 0 unspecified atom stereocenters. The summed E-state index contributed by atoms with van der Waals surface area (Å²) in [6, 6.07) is 9.76. The second-order valence-corrected chi connectivity index (χ2v) is 7.36. The van der Waals surface area contributed by atoms with E-state index >= 15 is 0 Å². The summed E-state index contributed by atoms with van der Waals surface area (Å²) in [5.74, 6) is 0.321. The smallest absolute Gasteiger partial charge is 0.227 e. The lowest BCUT2D eigenvalue weighted by atomic mass is 10.1. The van der Waals surface area contributed by atoms with E-state index in [0.717, 1.165) is 43.4 Å². The van der Waals surface area contributed by atoms with Gasteiger partial charge in [-0.3, -0.25) is 9.59 Å². The molecule has 1 aliphatic carbocycles. The van der Waals surface area contributed by atoms with E-state index in [2.05, 4.69) is 22.1 Å². The van der Waals surface area contributed by atoms with E-state index in [0.29, 0.717) is 13.0 Å². The van der Waals surface area contributed by atoms with E-state index in [9.17, 15) is 9.59 Å². The Bertz CT molecular complexity index is 706. The molecule has 0 atom stereocenters. The monoisotopic (exact) mass is 356 g/mol. The van der Waals surface area contributed by atoms with Crippen molar-refractivity contribution in [2.45, 2.75) is 45.1 Å². The molecule has 1 saturated carbocycles. The van der Waals surface area contributed by atoms with Crippen LogP contribution in [0.4, 0.5) is 5.69 Å². The van der Waals surface area contributed by atoms with Crippen molar-refractivity contribution < 1.29 is 9.59 Å². The summed E-state index contributed by atoms with van der Waals surface area (Å²) in [6.07, 6.45) is 5.55. The van der Waals surface area contributed by atoms with Gasteiger partial charge in [0.25, 0.3) is 0 Å². The van der Waals surface area contributed by atoms with Gasteiger partial charge in [-0.05, 0) is 59.3 Å². The van der Waals surface area contributed by atoms with Crippen LogP contribution in [0.25, 0.3) is 0 Å². The zero-order valence-corrected chi connectivity index (χ0v) is 15.1. The minimum Gasteiger partial charge on any atom is -0.352 e. The first-order chi connectivity index (χ1) is 12.2. The molecule has 1 aliphatic rings. The maximum absolute atomic E-state index is 12.2. The number of benzene rings is 1. The Morgan fingerprint density at radius 3 is 2.72 bits per heavy atom. The summed E-state index contributed by atoms with van der Waals surface area (Å²) < 4.78 is 0. The van der Waals surface area contributed by atoms with Crippen molar-refractivity contribution in [3.8, 4) is 0 Å². The van der Waals surface area contributed by atoms with Crippen molar-refractivity contribution in [1.29, 1.82) is 0 Å². The molecule has 2 N–H and O–H groups in total. The highest BCUT2D eigenvalue weighted by Crippen LogP contribution is 2.26. The number of anilines is 1. The average Bonchev–Trinajstić information content (AvgIpc) is 3.32. The topological polar surface area (TPSA) is 58.2 Å². The first-order valence-corrected chi connectivity index (χ1v) is 9.82. The lowest BCUT2D eigenvalue weighted by Crippen LogP contribution is -2.23. The van der Waals surface area contributed by atoms with Gasteiger partial charge in [-0.15, -0.1) is 0 Å². The maximum Gasteiger partial charge on any atom is 0.227 e. The predicted molar refractivity (Wildman–Crippen MR) is 102 cm³/mol. The summed E-state index contributed by atoms with van der Waals surface area (Å²) >= 11 is 1.65. The third-order valence-electron chi connectivity index (χ3n) is 4.63. The Morgan fingerprint density at radius 1 is 1.12 bits per heavy atom. The number of aryl methyl sites for hydroxylation is 1. The van der Waals surface area contributed by atoms with Gasteiger partial charge in [-0.25, -0.2) is 0 Å². The van der Waals surface area contributed by atoms with Crippen molar-refractivity contribution in [1.82, 2.24) is 5.32 Å². The first-order valence-electron chi connectivity index (χ1n) is 8.88. The van der Waals surface area contributed by atoms with E-state index in [-0.39, 0.29) is 17.7 Å². The van der Waals surface area contributed by atoms with Crippen molar-refractivity contribution in [3.63, 3.8) is 0 Å². The van der Waals surface area contributed by atoms with Gasteiger partial charge in [-0.2, -0.15) is 11.3 Å². The Labute approximate surface area is 152 Å². The lowest BCUT2D eigenvalue weighted by Gasteiger charge is -2.12. The summed E-state index contributed by atoms with van der Waals surface area (Å²) in [5.41, 5.74) is 3.01. The van der Waals surface area contributed by atoms with Crippen LogP contribution < -0.4 is 10.6 Å². The molecule has 4 nitrogen and oxygen atoms in total. The minimum absolute atomic E-state index is 0.0478. The van der Waals surface area contributed by atoms with Crippen molar-refractivity contribution in [2.24, 2.45) is 5.92 Å². The summed E-state index contributed by atoms with van der Waals surface area (Å²) in [5, 5.41) is 10.1. The number of rotatable bonds is 7. The van der Waals surface area contributed by atoms with E-state index < -0.39 is 0 Å². The molecule has 1 fully saturated rings. The molecule has 0 aliphatic heterocycles. The van der Waals surface area contributed by atoms with Crippen LogP contribution in [-0.4, -0.2) is 11.8 Å². The highest BCUT2D eigenvalue weighted by Gasteiger charge is 2.22. The molecule has 0 spiro atoms. The normalized spacial score (nSPS) is 14.4. The second-order valence-electron chi connectivity index (χ2n) is 6.58. The Hall–Kier alpha value is -2.14. The molecule has 25 heavy (non-hydrogen) atoms. The third kappa shape index (κ3) is 5.43. The van der Waals surface area contributed by atoms with Crippen LogP contribution in [0.1, 0.15) is 43.2 Å². The molecule has 0 radical (unpaired) electrons. The third-order valence-corrected chi connectivity index (χ3v) is 5.36. The number of nitrogens with one attached hydrogen (secondary N) is 2. The van der Waals surface area contributed by atoms with E-state index in [1.165, 1.54) is 5.56 Å². The molecule has 2 aromatic rings. The first kappa shape index (κ1) is 17.7. The SMILES string of the molecule is O=C(CCc1ccsc1)NCc1cccc(NC(=O)C2CCCC2)c1. The number of carbonyl (C=O) groups is 2. The number of hydrogen-bond donors (Lipinski definition) is 2. The van der Waals surface area contributed by atoms with E-state index in [1.807, 2.05) is 29.6 Å². The van der Waals surface area contributed by atoms with Crippen LogP contribution in [0.15, 0.2) is 41.1 Å². The van der Waals surface area contributed by atoms with Gasteiger partial charge in [0.1, 0.15) is 0 Å². The van der Waals surface area contributed by atoms with Gasteiger partial charge in [0.2, 0.25) is 11.8 Å². The maximum atomic E-state index is 12.2. The standard InChI is InChI=1S/C20H24N2O2S/c23-19(9-8-15-10-11-25-14-15)21-13-16-4-3-7-18(12-16)22-20(24)17-5-1-2-6-17/h3-4,7,10-12,14,17H,1-2,5-6,8-9,13H2,(H,21,23)(H,22,24). The number of thiophene rings is 1. The Morgan fingerprint density at radius 2 is 1.96 bits per heavy atom. The molecule has 5 heteroatoms. The van der Waals surface area contributed by atoms with Crippen LogP contribution in [0.5, 0.6) is 0 Å². The highest BCUT2D eigenvalue weighted by atomic mass is 32.1. The molecule has 3 rings (SSSR count). The fourth-order valence-electron chi connectivity index (χ4n) is 3.17. The summed E-state index contributed by atoms with van der Waals surface area (Å²) in [4.78, 5) is 24.2. The zero-order valence-electron chi connectivity index (χ0n) is 14.3. The molecule has 1 aromatic carbocycles. The zero-order chi connectivity index (χ0) is 17.5. The van der Waals surface area contributed by atoms with Crippen LogP contribution in [-0.2, 0) is 22.6 Å². The summed E-state index contributed by atoms with van der Waals surface area (Å²) in [6.45, 7) is 0.482. The van der Waals surface area contributed by atoms with Crippen LogP contribution in [0, 0.1) is 5.92 Å². The molecular formula is C20H24N2O2S. The van der Waals surface area contributed by atoms with Crippen LogP contribution >= 0.6 is 11.3 Å². The quantitative estimate of drug-likeness (QED) is 0.784. The lowest BCUT2D eigenvalue weighted by molar-refractivity contribution is -0.121. The molecule has 1 heterocycles.